The second-order valence-electron chi connectivity index (χ2n) is 3.39. The van der Waals surface area contributed by atoms with Crippen molar-refractivity contribution in [1.29, 1.82) is 0 Å². The topological polar surface area (TPSA) is 116 Å². The Balaban J connectivity index is 4.13. The molecule has 98 valence electrons. The molecule has 2 amide bonds. The van der Waals surface area contributed by atoms with Crippen LogP contribution in [0.1, 0.15) is 13.3 Å². The summed E-state index contributed by atoms with van der Waals surface area (Å²) in [6.45, 7) is 2.28. The van der Waals surface area contributed by atoms with Crippen LogP contribution in [0.3, 0.4) is 0 Å². The molecular weight excluding hydrogens is 248 g/mol. The van der Waals surface area contributed by atoms with Crippen LogP contribution in [0.2, 0.25) is 0 Å². The minimum Gasteiger partial charge on any atom is -0.481 e. The van der Waals surface area contributed by atoms with Gasteiger partial charge in [0, 0.05) is 11.8 Å². The zero-order chi connectivity index (χ0) is 13.4. The Morgan fingerprint density at radius 3 is 2.29 bits per heavy atom. The van der Waals surface area contributed by atoms with E-state index in [0.29, 0.717) is 6.54 Å². The van der Waals surface area contributed by atoms with Crippen LogP contribution in [0, 0.1) is 0 Å². The molecule has 0 aliphatic rings. The number of thioether (sulfide) groups is 1. The molecule has 0 aromatic heterocycles. The zero-order valence-corrected chi connectivity index (χ0v) is 10.4. The van der Waals surface area contributed by atoms with Crippen LogP contribution < -0.4 is 10.6 Å². The van der Waals surface area contributed by atoms with E-state index >= 15 is 0 Å². The van der Waals surface area contributed by atoms with Gasteiger partial charge in [0.15, 0.2) is 0 Å². The fourth-order valence-corrected chi connectivity index (χ4v) is 1.15. The molecule has 0 aromatic rings. The fraction of sp³-hybridized carbons (Fsp3) is 0.667. The summed E-state index contributed by atoms with van der Waals surface area (Å²) < 4.78 is 0. The van der Waals surface area contributed by atoms with E-state index in [4.69, 9.17) is 10.2 Å². The first-order chi connectivity index (χ1) is 7.86. The summed E-state index contributed by atoms with van der Waals surface area (Å²) in [6.07, 6.45) is 1.23. The molecule has 0 fully saturated rings. The standard InChI is InChI=1S/C9H16N2O5S/c1-5(17-2)4-10-9(16)11-6(8(14)15)3-7(12)13/h5-6H,3-4H2,1-2H3,(H,12,13)(H,14,15)(H2,10,11,16)/t5?,6-/m0/s1. The lowest BCUT2D eigenvalue weighted by Crippen LogP contribution is -2.48. The Labute approximate surface area is 103 Å². The Morgan fingerprint density at radius 2 is 1.88 bits per heavy atom. The van der Waals surface area contributed by atoms with Crippen LogP contribution in [0.25, 0.3) is 0 Å². The van der Waals surface area contributed by atoms with Crippen molar-refractivity contribution >= 4 is 29.7 Å². The van der Waals surface area contributed by atoms with Crippen molar-refractivity contribution < 1.29 is 24.6 Å². The molecule has 0 aliphatic heterocycles. The van der Waals surface area contributed by atoms with Crippen LogP contribution in [-0.4, -0.2) is 52.3 Å². The molecule has 2 atom stereocenters. The molecule has 1 unspecified atom stereocenters. The first-order valence-electron chi connectivity index (χ1n) is 4.88. The molecule has 7 nitrogen and oxygen atoms in total. The van der Waals surface area contributed by atoms with E-state index in [2.05, 4.69) is 10.6 Å². The van der Waals surface area contributed by atoms with Gasteiger partial charge in [0.25, 0.3) is 0 Å². The van der Waals surface area contributed by atoms with Crippen LogP contribution in [0.15, 0.2) is 0 Å². The summed E-state index contributed by atoms with van der Waals surface area (Å²) in [7, 11) is 0. The van der Waals surface area contributed by atoms with Crippen molar-refractivity contribution in [2.75, 3.05) is 12.8 Å². The number of aliphatic carboxylic acids is 2. The van der Waals surface area contributed by atoms with Crippen molar-refractivity contribution in [2.45, 2.75) is 24.6 Å². The van der Waals surface area contributed by atoms with Gasteiger partial charge in [-0.15, -0.1) is 0 Å². The van der Waals surface area contributed by atoms with E-state index in [9.17, 15) is 14.4 Å². The Kier molecular flexibility index (Phi) is 7.11. The number of hydrogen-bond acceptors (Lipinski definition) is 4. The highest BCUT2D eigenvalue weighted by atomic mass is 32.2. The van der Waals surface area contributed by atoms with Gasteiger partial charge in [-0.05, 0) is 6.26 Å². The van der Waals surface area contributed by atoms with Crippen LogP contribution in [0.5, 0.6) is 0 Å². The number of carbonyl (C=O) groups excluding carboxylic acids is 1. The smallest absolute Gasteiger partial charge is 0.326 e. The molecule has 8 heteroatoms. The first kappa shape index (κ1) is 15.6. The minimum atomic E-state index is -1.42. The summed E-state index contributed by atoms with van der Waals surface area (Å²) in [5.74, 6) is -2.66. The highest BCUT2D eigenvalue weighted by Crippen LogP contribution is 2.02. The third kappa shape index (κ3) is 7.45. The van der Waals surface area contributed by atoms with Gasteiger partial charge < -0.3 is 20.8 Å². The van der Waals surface area contributed by atoms with Crippen molar-refractivity contribution in [1.82, 2.24) is 10.6 Å². The second-order valence-corrected chi connectivity index (χ2v) is 4.67. The molecule has 0 aromatic carbocycles. The molecule has 4 N–H and O–H groups in total. The average Bonchev–Trinajstić information content (AvgIpc) is 2.24. The molecule has 0 saturated carbocycles. The number of carboxylic acid groups (broad SMARTS) is 2. The monoisotopic (exact) mass is 264 g/mol. The maximum absolute atomic E-state index is 11.3. The Morgan fingerprint density at radius 1 is 1.29 bits per heavy atom. The average molecular weight is 264 g/mol. The van der Waals surface area contributed by atoms with Gasteiger partial charge in [-0.1, -0.05) is 6.92 Å². The number of urea groups is 1. The highest BCUT2D eigenvalue weighted by molar-refractivity contribution is 7.99. The van der Waals surface area contributed by atoms with E-state index in [1.807, 2.05) is 13.2 Å². The minimum absolute atomic E-state index is 0.198. The summed E-state index contributed by atoms with van der Waals surface area (Å²) in [4.78, 5) is 32.3. The number of amides is 2. The molecule has 0 radical (unpaired) electrons. The maximum Gasteiger partial charge on any atom is 0.326 e. The Bertz CT molecular complexity index is 297. The third-order valence-corrected chi connectivity index (χ3v) is 2.91. The fourth-order valence-electron chi connectivity index (χ4n) is 0.904. The van der Waals surface area contributed by atoms with Crippen molar-refractivity contribution in [2.24, 2.45) is 0 Å². The van der Waals surface area contributed by atoms with Crippen molar-refractivity contribution in [3.8, 4) is 0 Å². The molecule has 0 heterocycles. The van der Waals surface area contributed by atoms with Gasteiger partial charge in [0.05, 0.1) is 6.42 Å². The van der Waals surface area contributed by atoms with Gasteiger partial charge in [-0.25, -0.2) is 9.59 Å². The number of carboxylic acids is 2. The van der Waals surface area contributed by atoms with E-state index in [0.717, 1.165) is 0 Å². The lowest BCUT2D eigenvalue weighted by molar-refractivity contribution is -0.145. The van der Waals surface area contributed by atoms with Gasteiger partial charge in [0.1, 0.15) is 6.04 Å². The van der Waals surface area contributed by atoms with Crippen molar-refractivity contribution in [3.05, 3.63) is 0 Å². The number of carbonyl (C=O) groups is 3. The molecule has 0 bridgehead atoms. The number of hydrogen-bond donors (Lipinski definition) is 4. The zero-order valence-electron chi connectivity index (χ0n) is 9.60. The summed E-state index contributed by atoms with van der Waals surface area (Å²) in [5, 5.41) is 21.9. The first-order valence-corrected chi connectivity index (χ1v) is 6.17. The van der Waals surface area contributed by atoms with Gasteiger partial charge in [0.2, 0.25) is 0 Å². The predicted molar refractivity (Wildman–Crippen MR) is 63.2 cm³/mol. The number of nitrogens with one attached hydrogen (secondary N) is 2. The predicted octanol–water partition coefficient (Wildman–Crippen LogP) is -0.0350. The van der Waals surface area contributed by atoms with Crippen LogP contribution >= 0.6 is 11.8 Å². The largest absolute Gasteiger partial charge is 0.481 e. The molecule has 0 saturated heterocycles. The van der Waals surface area contributed by atoms with Gasteiger partial charge in [-0.3, -0.25) is 4.79 Å². The highest BCUT2D eigenvalue weighted by Gasteiger charge is 2.22. The lowest BCUT2D eigenvalue weighted by Gasteiger charge is -2.14. The molecule has 17 heavy (non-hydrogen) atoms. The Hall–Kier alpha value is -1.44. The normalized spacial score (nSPS) is 13.5. The SMILES string of the molecule is CSC(C)CNC(=O)N[C@@H](CC(=O)O)C(=O)O. The molecule has 0 aliphatic carbocycles. The van der Waals surface area contributed by atoms with Gasteiger partial charge in [-0.2, -0.15) is 11.8 Å². The lowest BCUT2D eigenvalue weighted by atomic mass is 10.2. The third-order valence-electron chi connectivity index (χ3n) is 1.93. The van der Waals surface area contributed by atoms with E-state index < -0.39 is 30.4 Å². The van der Waals surface area contributed by atoms with Crippen LogP contribution in [0.4, 0.5) is 4.79 Å². The quantitative estimate of drug-likeness (QED) is 0.513. The summed E-state index contributed by atoms with van der Waals surface area (Å²) >= 11 is 1.55. The second kappa shape index (κ2) is 7.77. The summed E-state index contributed by atoms with van der Waals surface area (Å²) in [5.41, 5.74) is 0. The van der Waals surface area contributed by atoms with Crippen molar-refractivity contribution in [3.63, 3.8) is 0 Å². The van der Waals surface area contributed by atoms with Gasteiger partial charge >= 0.3 is 18.0 Å². The molecule has 0 spiro atoms. The molecular formula is C9H16N2O5S. The summed E-state index contributed by atoms with van der Waals surface area (Å²) in [6, 6.07) is -2.10. The maximum atomic E-state index is 11.3. The van der Waals surface area contributed by atoms with Crippen LogP contribution in [-0.2, 0) is 9.59 Å². The van der Waals surface area contributed by atoms with E-state index in [1.54, 1.807) is 11.8 Å². The van der Waals surface area contributed by atoms with E-state index in [-0.39, 0.29) is 5.25 Å². The number of rotatable bonds is 7. The molecule has 0 rings (SSSR count). The van der Waals surface area contributed by atoms with E-state index in [1.165, 1.54) is 0 Å².